The molecule has 1 heterocycles. The minimum absolute atomic E-state index is 0.484. The molecule has 3 rings (SSSR count). The van der Waals surface area contributed by atoms with E-state index in [1.807, 2.05) is 0 Å². The molecule has 1 aliphatic rings. The van der Waals surface area contributed by atoms with Crippen molar-refractivity contribution in [1.82, 2.24) is 9.55 Å². The van der Waals surface area contributed by atoms with Gasteiger partial charge >= 0.3 is 0 Å². The van der Waals surface area contributed by atoms with Crippen molar-refractivity contribution in [1.29, 1.82) is 0 Å². The number of nitrogens with zero attached hydrogens (tertiary/aromatic N) is 2. The molecule has 2 aromatic rings. The van der Waals surface area contributed by atoms with Crippen LogP contribution >= 0.6 is 27.5 Å². The minimum atomic E-state index is 0.484. The molecule has 1 fully saturated rings. The number of benzene rings is 1. The highest BCUT2D eigenvalue weighted by Gasteiger charge is 2.23. The van der Waals surface area contributed by atoms with Gasteiger partial charge in [-0.15, -0.1) is 11.6 Å². The van der Waals surface area contributed by atoms with Crippen molar-refractivity contribution >= 4 is 38.6 Å². The standard InChI is InChI=1S/C15H18BrClN2/c1-10-2-5-12(6-3-10)19-14-7-4-11(16)8-13(14)18-15(19)9-17/h4,7-8,10,12H,2-3,5-6,9H2,1H3. The summed E-state index contributed by atoms with van der Waals surface area (Å²) in [6.45, 7) is 2.35. The highest BCUT2D eigenvalue weighted by atomic mass is 79.9. The van der Waals surface area contributed by atoms with Crippen LogP contribution in [0.25, 0.3) is 11.0 Å². The summed E-state index contributed by atoms with van der Waals surface area (Å²) in [6.07, 6.45) is 5.10. The first-order chi connectivity index (χ1) is 9.19. The number of alkyl halides is 1. The maximum atomic E-state index is 6.10. The molecule has 0 spiro atoms. The van der Waals surface area contributed by atoms with Crippen LogP contribution in [0.1, 0.15) is 44.5 Å². The lowest BCUT2D eigenvalue weighted by Crippen LogP contribution is -2.18. The largest absolute Gasteiger partial charge is 0.324 e. The van der Waals surface area contributed by atoms with Gasteiger partial charge in [-0.2, -0.15) is 0 Å². The Bertz CT molecular complexity index is 585. The van der Waals surface area contributed by atoms with E-state index in [1.165, 1.54) is 31.2 Å². The molecule has 0 unspecified atom stereocenters. The van der Waals surface area contributed by atoms with Gasteiger partial charge in [-0.1, -0.05) is 22.9 Å². The third-order valence-electron chi connectivity index (χ3n) is 4.19. The van der Waals surface area contributed by atoms with Crippen molar-refractivity contribution in [2.45, 2.75) is 44.5 Å². The van der Waals surface area contributed by atoms with E-state index in [0.29, 0.717) is 11.9 Å². The molecule has 0 bridgehead atoms. The Hall–Kier alpha value is -0.540. The van der Waals surface area contributed by atoms with E-state index in [-0.39, 0.29) is 0 Å². The van der Waals surface area contributed by atoms with Gasteiger partial charge in [0.2, 0.25) is 0 Å². The quantitative estimate of drug-likeness (QED) is 0.679. The molecule has 0 N–H and O–H groups in total. The lowest BCUT2D eigenvalue weighted by Gasteiger charge is -2.28. The van der Waals surface area contributed by atoms with Crippen LogP contribution in [0, 0.1) is 5.92 Å². The van der Waals surface area contributed by atoms with Gasteiger partial charge in [0, 0.05) is 10.5 Å². The van der Waals surface area contributed by atoms with Crippen LogP contribution in [0.4, 0.5) is 0 Å². The van der Waals surface area contributed by atoms with Crippen LogP contribution in [0.3, 0.4) is 0 Å². The second-order valence-corrected chi connectivity index (χ2v) is 6.76. The summed E-state index contributed by atoms with van der Waals surface area (Å²) in [7, 11) is 0. The van der Waals surface area contributed by atoms with Gasteiger partial charge in [0.1, 0.15) is 5.82 Å². The second-order valence-electron chi connectivity index (χ2n) is 5.58. The molecule has 0 aliphatic heterocycles. The van der Waals surface area contributed by atoms with Crippen LogP contribution in [0.15, 0.2) is 22.7 Å². The Morgan fingerprint density at radius 2 is 2.05 bits per heavy atom. The van der Waals surface area contributed by atoms with Gasteiger partial charge in [0.15, 0.2) is 0 Å². The monoisotopic (exact) mass is 340 g/mol. The third kappa shape index (κ3) is 2.55. The summed E-state index contributed by atoms with van der Waals surface area (Å²) in [5, 5.41) is 0. The summed E-state index contributed by atoms with van der Waals surface area (Å²) in [5.74, 6) is 2.35. The molecular formula is C15H18BrClN2. The summed E-state index contributed by atoms with van der Waals surface area (Å²) in [4.78, 5) is 4.69. The van der Waals surface area contributed by atoms with E-state index in [1.54, 1.807) is 0 Å². The lowest BCUT2D eigenvalue weighted by atomic mass is 9.87. The predicted octanol–water partition coefficient (Wildman–Crippen LogP) is 5.29. The molecule has 0 amide bonds. The molecule has 1 aromatic heterocycles. The summed E-state index contributed by atoms with van der Waals surface area (Å²) in [5.41, 5.74) is 2.27. The zero-order chi connectivity index (χ0) is 13.4. The van der Waals surface area contributed by atoms with Gasteiger partial charge in [0.05, 0.1) is 16.9 Å². The van der Waals surface area contributed by atoms with Crippen LogP contribution in [-0.4, -0.2) is 9.55 Å². The van der Waals surface area contributed by atoms with Crippen molar-refractivity contribution in [3.05, 3.63) is 28.5 Å². The predicted molar refractivity (Wildman–Crippen MR) is 83.7 cm³/mol. The van der Waals surface area contributed by atoms with Crippen LogP contribution in [0.2, 0.25) is 0 Å². The minimum Gasteiger partial charge on any atom is -0.324 e. The molecule has 102 valence electrons. The SMILES string of the molecule is CC1CCC(n2c(CCl)nc3cc(Br)ccc32)CC1. The van der Waals surface area contributed by atoms with Gasteiger partial charge < -0.3 is 4.57 Å². The van der Waals surface area contributed by atoms with Gasteiger partial charge in [0.25, 0.3) is 0 Å². The fourth-order valence-electron chi connectivity index (χ4n) is 3.12. The smallest absolute Gasteiger partial charge is 0.125 e. The second kappa shape index (κ2) is 5.45. The normalized spacial score (nSPS) is 23.9. The van der Waals surface area contributed by atoms with E-state index in [2.05, 4.69) is 50.6 Å². The highest BCUT2D eigenvalue weighted by Crippen LogP contribution is 2.35. The molecule has 1 aromatic carbocycles. The molecule has 0 radical (unpaired) electrons. The van der Waals surface area contributed by atoms with Gasteiger partial charge in [-0.3, -0.25) is 0 Å². The first-order valence-corrected chi connectivity index (χ1v) is 8.24. The number of halogens is 2. The summed E-state index contributed by atoms with van der Waals surface area (Å²) >= 11 is 9.61. The van der Waals surface area contributed by atoms with Crippen LogP contribution < -0.4 is 0 Å². The average Bonchev–Trinajstić information content (AvgIpc) is 2.77. The van der Waals surface area contributed by atoms with Crippen LogP contribution in [-0.2, 0) is 5.88 Å². The molecule has 0 saturated heterocycles. The molecule has 2 nitrogen and oxygen atoms in total. The average molecular weight is 342 g/mol. The van der Waals surface area contributed by atoms with Gasteiger partial charge in [-0.25, -0.2) is 4.98 Å². The number of hydrogen-bond acceptors (Lipinski definition) is 1. The Morgan fingerprint density at radius 3 is 2.74 bits per heavy atom. The number of hydrogen-bond donors (Lipinski definition) is 0. The highest BCUT2D eigenvalue weighted by molar-refractivity contribution is 9.10. The van der Waals surface area contributed by atoms with E-state index in [0.717, 1.165) is 21.7 Å². The van der Waals surface area contributed by atoms with Gasteiger partial charge in [-0.05, 0) is 49.8 Å². The number of imidazole rings is 1. The van der Waals surface area contributed by atoms with E-state index in [4.69, 9.17) is 11.6 Å². The van der Waals surface area contributed by atoms with Crippen molar-refractivity contribution in [3.63, 3.8) is 0 Å². The fraction of sp³-hybridized carbons (Fsp3) is 0.533. The van der Waals surface area contributed by atoms with Crippen LogP contribution in [0.5, 0.6) is 0 Å². The topological polar surface area (TPSA) is 17.8 Å². The van der Waals surface area contributed by atoms with E-state index >= 15 is 0 Å². The third-order valence-corrected chi connectivity index (χ3v) is 4.93. The zero-order valence-electron chi connectivity index (χ0n) is 11.1. The van der Waals surface area contributed by atoms with Crippen molar-refractivity contribution in [2.24, 2.45) is 5.92 Å². The van der Waals surface area contributed by atoms with E-state index < -0.39 is 0 Å². The Morgan fingerprint density at radius 1 is 1.32 bits per heavy atom. The molecule has 1 saturated carbocycles. The zero-order valence-corrected chi connectivity index (χ0v) is 13.4. The fourth-order valence-corrected chi connectivity index (χ4v) is 3.66. The number of fused-ring (bicyclic) bond motifs is 1. The summed E-state index contributed by atoms with van der Waals surface area (Å²) in [6, 6.07) is 6.88. The Labute approximate surface area is 127 Å². The first kappa shape index (κ1) is 13.4. The first-order valence-electron chi connectivity index (χ1n) is 6.91. The molecule has 1 aliphatic carbocycles. The maximum absolute atomic E-state index is 6.10. The molecule has 4 heteroatoms. The molecular weight excluding hydrogens is 324 g/mol. The van der Waals surface area contributed by atoms with Crippen molar-refractivity contribution in [3.8, 4) is 0 Å². The van der Waals surface area contributed by atoms with Crippen molar-refractivity contribution < 1.29 is 0 Å². The maximum Gasteiger partial charge on any atom is 0.125 e. The summed E-state index contributed by atoms with van der Waals surface area (Å²) < 4.78 is 3.45. The van der Waals surface area contributed by atoms with E-state index in [9.17, 15) is 0 Å². The number of rotatable bonds is 2. The molecule has 0 atom stereocenters. The molecule has 19 heavy (non-hydrogen) atoms. The van der Waals surface area contributed by atoms with Crippen molar-refractivity contribution in [2.75, 3.05) is 0 Å². The number of aromatic nitrogens is 2. The Kier molecular flexibility index (Phi) is 3.86. The lowest BCUT2D eigenvalue weighted by molar-refractivity contribution is 0.290. The Balaban J connectivity index is 2.05.